The van der Waals surface area contributed by atoms with Crippen LogP contribution in [0.1, 0.15) is 31.8 Å². The van der Waals surface area contributed by atoms with E-state index in [9.17, 15) is 9.59 Å². The number of benzene rings is 3. The fourth-order valence-electron chi connectivity index (χ4n) is 3.43. The molecule has 0 aliphatic rings. The second kappa shape index (κ2) is 9.38. The molecule has 0 saturated heterocycles. The number of anilines is 2. The third-order valence-corrected chi connectivity index (χ3v) is 5.12. The quantitative estimate of drug-likeness (QED) is 0.375. The Morgan fingerprint density at radius 1 is 0.750 bits per heavy atom. The number of nitrogens with one attached hydrogen (secondary N) is 2. The highest BCUT2D eigenvalue weighted by atomic mass is 16.2. The van der Waals surface area contributed by atoms with Gasteiger partial charge in [-0.05, 0) is 35.4 Å². The molecule has 0 bridgehead atoms. The van der Waals surface area contributed by atoms with Crippen molar-refractivity contribution in [1.82, 2.24) is 4.98 Å². The normalized spacial score (nSPS) is 10.7. The number of hydrogen-bond donors (Lipinski definition) is 4. The average Bonchev–Trinajstić information content (AvgIpc) is 2.85. The molecule has 160 valence electrons. The van der Waals surface area contributed by atoms with E-state index in [0.717, 1.165) is 21.9 Å². The minimum Gasteiger partial charge on any atom is -0.326 e. The van der Waals surface area contributed by atoms with Crippen molar-refractivity contribution < 1.29 is 9.59 Å². The molecule has 4 rings (SSSR count). The summed E-state index contributed by atoms with van der Waals surface area (Å²) in [7, 11) is 0. The van der Waals surface area contributed by atoms with Crippen LogP contribution in [0.2, 0.25) is 0 Å². The summed E-state index contributed by atoms with van der Waals surface area (Å²) < 4.78 is 0. The molecule has 4 aromatic rings. The number of carbonyl (C=O) groups is 2. The van der Waals surface area contributed by atoms with E-state index in [-0.39, 0.29) is 17.6 Å². The van der Waals surface area contributed by atoms with E-state index >= 15 is 0 Å². The molecule has 0 unspecified atom stereocenters. The number of aromatic nitrogens is 1. The Labute approximate surface area is 185 Å². The lowest BCUT2D eigenvalue weighted by Crippen LogP contribution is -2.18. The predicted octanol–water partition coefficient (Wildman–Crippen LogP) is 3.66. The van der Waals surface area contributed by atoms with Crippen molar-refractivity contribution in [2.75, 3.05) is 10.6 Å². The zero-order chi connectivity index (χ0) is 22.5. The summed E-state index contributed by atoms with van der Waals surface area (Å²) in [6, 6.07) is 21.7. The molecule has 0 aliphatic heterocycles. The van der Waals surface area contributed by atoms with Gasteiger partial charge >= 0.3 is 0 Å². The number of nitrogens with two attached hydrogens (primary N) is 2. The molecule has 7 nitrogen and oxygen atoms in total. The number of hydrogen-bond acceptors (Lipinski definition) is 5. The summed E-state index contributed by atoms with van der Waals surface area (Å²) >= 11 is 0. The van der Waals surface area contributed by atoms with E-state index < -0.39 is 0 Å². The van der Waals surface area contributed by atoms with Gasteiger partial charge in [0.2, 0.25) is 0 Å². The number of amides is 2. The van der Waals surface area contributed by atoms with Crippen LogP contribution < -0.4 is 22.1 Å². The Morgan fingerprint density at radius 2 is 1.34 bits per heavy atom. The van der Waals surface area contributed by atoms with Crippen LogP contribution >= 0.6 is 0 Å². The van der Waals surface area contributed by atoms with Gasteiger partial charge < -0.3 is 22.1 Å². The highest BCUT2D eigenvalue weighted by molar-refractivity contribution is 6.14. The fourth-order valence-corrected chi connectivity index (χ4v) is 3.43. The van der Waals surface area contributed by atoms with Crippen molar-refractivity contribution in [3.05, 3.63) is 101 Å². The van der Waals surface area contributed by atoms with Crippen LogP contribution in [0.5, 0.6) is 0 Å². The number of carbonyl (C=O) groups excluding carboxylic acids is 2. The largest absolute Gasteiger partial charge is 0.326 e. The fraction of sp³-hybridized carbons (Fsp3) is 0.0800. The minimum absolute atomic E-state index is 0.259. The van der Waals surface area contributed by atoms with Crippen LogP contribution in [0.3, 0.4) is 0 Å². The molecular weight excluding hydrogens is 402 g/mol. The first-order valence-corrected chi connectivity index (χ1v) is 10.2. The highest BCUT2D eigenvalue weighted by Gasteiger charge is 2.17. The Bertz CT molecular complexity index is 1300. The molecular formula is C25H23N5O2. The molecule has 7 heteroatoms. The van der Waals surface area contributed by atoms with E-state index in [1.807, 2.05) is 36.4 Å². The smallest absolute Gasteiger partial charge is 0.256 e. The first-order valence-electron chi connectivity index (χ1n) is 10.2. The van der Waals surface area contributed by atoms with Crippen LogP contribution in [-0.4, -0.2) is 16.8 Å². The maximum atomic E-state index is 13.0. The molecule has 0 saturated carbocycles. The van der Waals surface area contributed by atoms with Crippen molar-refractivity contribution in [2.24, 2.45) is 11.5 Å². The monoisotopic (exact) mass is 425 g/mol. The van der Waals surface area contributed by atoms with Gasteiger partial charge in [-0.1, -0.05) is 48.5 Å². The number of fused-ring (bicyclic) bond motifs is 1. The summed E-state index contributed by atoms with van der Waals surface area (Å²) in [4.78, 5) is 30.3. The summed E-state index contributed by atoms with van der Waals surface area (Å²) in [5, 5.41) is 7.34. The number of nitrogens with zero attached hydrogens (tertiary/aromatic N) is 1. The molecule has 0 fully saturated rings. The van der Waals surface area contributed by atoms with Gasteiger partial charge in [-0.15, -0.1) is 0 Å². The topological polar surface area (TPSA) is 123 Å². The lowest BCUT2D eigenvalue weighted by Gasteiger charge is -2.15. The average molecular weight is 425 g/mol. The van der Waals surface area contributed by atoms with Gasteiger partial charge in [0.1, 0.15) is 0 Å². The summed E-state index contributed by atoms with van der Waals surface area (Å²) in [6.07, 6.45) is 1.66. The molecule has 0 spiro atoms. The van der Waals surface area contributed by atoms with Crippen molar-refractivity contribution in [3.63, 3.8) is 0 Å². The molecule has 32 heavy (non-hydrogen) atoms. The van der Waals surface area contributed by atoms with Crippen molar-refractivity contribution >= 4 is 34.1 Å². The molecule has 2 amide bonds. The van der Waals surface area contributed by atoms with Crippen LogP contribution in [0.15, 0.2) is 79.0 Å². The van der Waals surface area contributed by atoms with Gasteiger partial charge in [-0.25, -0.2) is 4.98 Å². The molecule has 0 atom stereocenters. The lowest BCUT2D eigenvalue weighted by atomic mass is 10.1. The maximum Gasteiger partial charge on any atom is 0.256 e. The first kappa shape index (κ1) is 21.2. The number of pyridine rings is 1. The molecule has 0 radical (unpaired) electrons. The van der Waals surface area contributed by atoms with Crippen LogP contribution in [0.4, 0.5) is 11.5 Å². The molecule has 1 aromatic heterocycles. The molecule has 3 aromatic carbocycles. The highest BCUT2D eigenvalue weighted by Crippen LogP contribution is 2.30. The van der Waals surface area contributed by atoms with Gasteiger partial charge in [0.05, 0.1) is 5.69 Å². The number of rotatable bonds is 6. The maximum absolute atomic E-state index is 13.0. The van der Waals surface area contributed by atoms with Gasteiger partial charge in [-0.2, -0.15) is 0 Å². The first-order chi connectivity index (χ1) is 15.6. The van der Waals surface area contributed by atoms with Crippen LogP contribution in [0.25, 0.3) is 10.8 Å². The van der Waals surface area contributed by atoms with E-state index in [2.05, 4.69) is 15.6 Å². The zero-order valence-electron chi connectivity index (χ0n) is 17.3. The summed E-state index contributed by atoms with van der Waals surface area (Å²) in [6.45, 7) is 0.665. The third-order valence-electron chi connectivity index (χ3n) is 5.12. The SMILES string of the molecule is NCc1cccc(C(=O)Nc2ncc3ccccc3c2NC(=O)c2cccc(CN)c2)c1. The Hall–Kier alpha value is -4.07. The third kappa shape index (κ3) is 4.49. The second-order valence-corrected chi connectivity index (χ2v) is 7.29. The predicted molar refractivity (Wildman–Crippen MR) is 126 cm³/mol. The van der Waals surface area contributed by atoms with Gasteiger partial charge in [0.25, 0.3) is 11.8 Å². The Kier molecular flexibility index (Phi) is 6.21. The van der Waals surface area contributed by atoms with Crippen LogP contribution in [-0.2, 0) is 13.1 Å². The van der Waals surface area contributed by atoms with Gasteiger partial charge in [-0.3, -0.25) is 9.59 Å². The Morgan fingerprint density at radius 3 is 1.97 bits per heavy atom. The standard InChI is InChI=1S/C25H23N5O2/c26-13-16-5-3-8-18(11-16)24(31)29-22-21-10-2-1-7-20(21)15-28-23(22)30-25(32)19-9-4-6-17(12-19)14-27/h1-12,15H,13-14,26-27H2,(H,29,31)(H,28,30,32). The minimum atomic E-state index is -0.344. The van der Waals surface area contributed by atoms with Crippen molar-refractivity contribution in [3.8, 4) is 0 Å². The van der Waals surface area contributed by atoms with E-state index in [1.165, 1.54) is 0 Å². The van der Waals surface area contributed by atoms with E-state index in [0.29, 0.717) is 29.9 Å². The van der Waals surface area contributed by atoms with Crippen molar-refractivity contribution in [1.29, 1.82) is 0 Å². The molecule has 1 heterocycles. The van der Waals surface area contributed by atoms with E-state index in [1.54, 1.807) is 42.6 Å². The Balaban J connectivity index is 1.70. The lowest BCUT2D eigenvalue weighted by molar-refractivity contribution is 0.101. The van der Waals surface area contributed by atoms with Crippen molar-refractivity contribution in [2.45, 2.75) is 13.1 Å². The zero-order valence-corrected chi connectivity index (χ0v) is 17.3. The second-order valence-electron chi connectivity index (χ2n) is 7.29. The summed E-state index contributed by atoms with van der Waals surface area (Å²) in [5.74, 6) is -0.405. The van der Waals surface area contributed by atoms with Gasteiger partial charge in [0.15, 0.2) is 5.82 Å². The molecule has 0 aliphatic carbocycles. The van der Waals surface area contributed by atoms with Crippen LogP contribution in [0, 0.1) is 0 Å². The van der Waals surface area contributed by atoms with E-state index in [4.69, 9.17) is 11.5 Å². The molecule has 6 N–H and O–H groups in total. The van der Waals surface area contributed by atoms with Gasteiger partial charge in [0, 0.05) is 41.2 Å². The summed E-state index contributed by atoms with van der Waals surface area (Å²) in [5.41, 5.74) is 14.4.